The summed E-state index contributed by atoms with van der Waals surface area (Å²) in [5.74, 6) is 0.683. The van der Waals surface area contributed by atoms with Crippen LogP contribution in [0, 0.1) is 5.92 Å². The van der Waals surface area contributed by atoms with Crippen molar-refractivity contribution >= 4 is 6.29 Å². The van der Waals surface area contributed by atoms with E-state index in [2.05, 4.69) is 4.98 Å². The van der Waals surface area contributed by atoms with Gasteiger partial charge in [0, 0.05) is 24.8 Å². The molecule has 2 heterocycles. The van der Waals surface area contributed by atoms with E-state index in [0.717, 1.165) is 30.3 Å². The van der Waals surface area contributed by atoms with Crippen LogP contribution >= 0.6 is 0 Å². The fourth-order valence-corrected chi connectivity index (χ4v) is 2.58. The second kappa shape index (κ2) is 7.18. The van der Waals surface area contributed by atoms with Gasteiger partial charge >= 0.3 is 0 Å². The van der Waals surface area contributed by atoms with Gasteiger partial charge in [0.2, 0.25) is 5.88 Å². The normalized spacial score (nSPS) is 21.3. The van der Waals surface area contributed by atoms with Crippen LogP contribution in [0.4, 0.5) is 0 Å². The maximum atomic E-state index is 10.9. The first kappa shape index (κ1) is 14.7. The van der Waals surface area contributed by atoms with E-state index in [1.807, 2.05) is 42.5 Å². The first-order chi connectivity index (χ1) is 10.8. The third-order valence-corrected chi connectivity index (χ3v) is 3.88. The third kappa shape index (κ3) is 3.71. The predicted octanol–water partition coefficient (Wildman–Crippen LogP) is 3.33. The molecule has 0 aliphatic carbocycles. The van der Waals surface area contributed by atoms with E-state index in [9.17, 15) is 4.79 Å². The predicted molar refractivity (Wildman–Crippen MR) is 82.5 cm³/mol. The summed E-state index contributed by atoms with van der Waals surface area (Å²) in [5, 5.41) is 0. The Morgan fingerprint density at radius 2 is 2.09 bits per heavy atom. The van der Waals surface area contributed by atoms with Gasteiger partial charge in [0.1, 0.15) is 12.9 Å². The van der Waals surface area contributed by atoms with Gasteiger partial charge in [0.25, 0.3) is 0 Å². The molecule has 1 aliphatic rings. The average molecular weight is 297 g/mol. The lowest BCUT2D eigenvalue weighted by molar-refractivity contribution is -0.115. The highest BCUT2D eigenvalue weighted by molar-refractivity contribution is 5.53. The van der Waals surface area contributed by atoms with Gasteiger partial charge in [-0.3, -0.25) is 0 Å². The van der Waals surface area contributed by atoms with Crippen molar-refractivity contribution in [1.82, 2.24) is 4.98 Å². The van der Waals surface area contributed by atoms with Crippen molar-refractivity contribution in [3.8, 4) is 5.88 Å². The smallest absolute Gasteiger partial charge is 0.213 e. The Kier molecular flexibility index (Phi) is 4.81. The van der Waals surface area contributed by atoms with Crippen LogP contribution in [-0.2, 0) is 16.1 Å². The number of rotatable bonds is 5. The molecule has 0 saturated carbocycles. The molecule has 1 aromatic heterocycles. The van der Waals surface area contributed by atoms with Crippen LogP contribution in [0.2, 0.25) is 0 Å². The summed E-state index contributed by atoms with van der Waals surface area (Å²) in [6, 6.07) is 13.8. The van der Waals surface area contributed by atoms with Crippen LogP contribution in [0.15, 0.2) is 48.7 Å². The summed E-state index contributed by atoms with van der Waals surface area (Å²) in [6.45, 7) is 1.13. The van der Waals surface area contributed by atoms with Crippen LogP contribution in [0.25, 0.3) is 0 Å². The molecule has 0 amide bonds. The zero-order valence-corrected chi connectivity index (χ0v) is 12.4. The molecule has 22 heavy (non-hydrogen) atoms. The molecule has 0 radical (unpaired) electrons. The van der Waals surface area contributed by atoms with Crippen molar-refractivity contribution in [1.29, 1.82) is 0 Å². The summed E-state index contributed by atoms with van der Waals surface area (Å²) in [5.41, 5.74) is 2.11. The summed E-state index contributed by atoms with van der Waals surface area (Å²) in [6.07, 6.45) is 4.30. The second-order valence-electron chi connectivity index (χ2n) is 5.48. The Morgan fingerprint density at radius 3 is 2.82 bits per heavy atom. The minimum Gasteiger partial charge on any atom is -0.473 e. The quantitative estimate of drug-likeness (QED) is 0.794. The largest absolute Gasteiger partial charge is 0.473 e. The molecule has 114 valence electrons. The van der Waals surface area contributed by atoms with E-state index in [-0.39, 0.29) is 12.0 Å². The average Bonchev–Trinajstić information content (AvgIpc) is 2.61. The van der Waals surface area contributed by atoms with Gasteiger partial charge in [-0.1, -0.05) is 30.3 Å². The van der Waals surface area contributed by atoms with Crippen LogP contribution < -0.4 is 4.74 Å². The first-order valence-electron chi connectivity index (χ1n) is 7.55. The van der Waals surface area contributed by atoms with E-state index in [1.165, 1.54) is 0 Å². The van der Waals surface area contributed by atoms with E-state index in [1.54, 1.807) is 6.20 Å². The van der Waals surface area contributed by atoms with Gasteiger partial charge in [-0.15, -0.1) is 0 Å². The molecular weight excluding hydrogens is 278 g/mol. The number of nitrogens with zero attached hydrogens (tertiary/aromatic N) is 1. The van der Waals surface area contributed by atoms with Gasteiger partial charge in [-0.2, -0.15) is 0 Å². The Labute approximate surface area is 130 Å². The number of benzene rings is 1. The number of aldehydes is 1. The first-order valence-corrected chi connectivity index (χ1v) is 7.55. The molecule has 0 N–H and O–H groups in total. The zero-order chi connectivity index (χ0) is 15.2. The number of aromatic nitrogens is 1. The highest BCUT2D eigenvalue weighted by Crippen LogP contribution is 2.30. The van der Waals surface area contributed by atoms with Crippen molar-refractivity contribution in [2.45, 2.75) is 25.6 Å². The van der Waals surface area contributed by atoms with Gasteiger partial charge in [-0.25, -0.2) is 4.98 Å². The highest BCUT2D eigenvalue weighted by Gasteiger charge is 2.23. The summed E-state index contributed by atoms with van der Waals surface area (Å²) >= 11 is 0. The van der Waals surface area contributed by atoms with E-state index >= 15 is 0 Å². The summed E-state index contributed by atoms with van der Waals surface area (Å²) in [4.78, 5) is 15.2. The lowest BCUT2D eigenvalue weighted by atomic mass is 9.94. The van der Waals surface area contributed by atoms with Crippen LogP contribution in [0.3, 0.4) is 0 Å². The van der Waals surface area contributed by atoms with Crippen molar-refractivity contribution in [3.63, 3.8) is 0 Å². The second-order valence-corrected chi connectivity index (χ2v) is 5.48. The zero-order valence-electron chi connectivity index (χ0n) is 12.4. The molecule has 2 aromatic rings. The number of carbonyl (C=O) groups is 1. The molecule has 0 spiro atoms. The van der Waals surface area contributed by atoms with E-state index in [0.29, 0.717) is 19.1 Å². The fourth-order valence-electron chi connectivity index (χ4n) is 2.58. The van der Waals surface area contributed by atoms with Gasteiger partial charge in [-0.05, 0) is 30.0 Å². The molecule has 2 atom stereocenters. The van der Waals surface area contributed by atoms with Crippen LogP contribution in [0.1, 0.15) is 30.1 Å². The molecule has 2 unspecified atom stereocenters. The molecule has 0 bridgehead atoms. The third-order valence-electron chi connectivity index (χ3n) is 3.88. The topological polar surface area (TPSA) is 48.4 Å². The van der Waals surface area contributed by atoms with Crippen molar-refractivity contribution in [2.24, 2.45) is 5.92 Å². The van der Waals surface area contributed by atoms with Gasteiger partial charge in [0.15, 0.2) is 0 Å². The molecule has 3 rings (SSSR count). The maximum absolute atomic E-state index is 10.9. The number of hydrogen-bond acceptors (Lipinski definition) is 4. The van der Waals surface area contributed by atoms with Gasteiger partial charge < -0.3 is 14.3 Å². The van der Waals surface area contributed by atoms with Crippen molar-refractivity contribution in [2.75, 3.05) is 6.61 Å². The standard InChI is InChI=1S/C18H19NO3/c20-12-15-8-9-21-17(10-15)16-6-7-18(19-11-16)22-13-14-4-2-1-3-5-14/h1-7,11-12,15,17H,8-10,13H2. The number of hydrogen-bond donors (Lipinski definition) is 0. The molecular formula is C18H19NO3. The summed E-state index contributed by atoms with van der Waals surface area (Å²) in [7, 11) is 0. The maximum Gasteiger partial charge on any atom is 0.213 e. The molecule has 1 aliphatic heterocycles. The van der Waals surface area contributed by atoms with Crippen molar-refractivity contribution < 1.29 is 14.3 Å². The Balaban J connectivity index is 1.59. The van der Waals surface area contributed by atoms with E-state index in [4.69, 9.17) is 9.47 Å². The Bertz CT molecular complexity index is 597. The highest BCUT2D eigenvalue weighted by atomic mass is 16.5. The monoisotopic (exact) mass is 297 g/mol. The molecule has 1 fully saturated rings. The molecule has 1 aromatic carbocycles. The molecule has 4 heteroatoms. The Morgan fingerprint density at radius 1 is 1.23 bits per heavy atom. The lowest BCUT2D eigenvalue weighted by Gasteiger charge is -2.26. The van der Waals surface area contributed by atoms with Gasteiger partial charge in [0.05, 0.1) is 6.10 Å². The van der Waals surface area contributed by atoms with Crippen molar-refractivity contribution in [3.05, 3.63) is 59.8 Å². The van der Waals surface area contributed by atoms with Crippen LogP contribution in [-0.4, -0.2) is 17.9 Å². The number of carbonyl (C=O) groups excluding carboxylic acids is 1. The minimum absolute atomic E-state index is 0.0420. The lowest BCUT2D eigenvalue weighted by Crippen LogP contribution is -2.20. The number of ether oxygens (including phenoxy) is 2. The molecule has 1 saturated heterocycles. The van der Waals surface area contributed by atoms with E-state index < -0.39 is 0 Å². The fraction of sp³-hybridized carbons (Fsp3) is 0.333. The summed E-state index contributed by atoms with van der Waals surface area (Å²) < 4.78 is 11.4. The SMILES string of the molecule is O=CC1CCOC(c2ccc(OCc3ccccc3)nc2)C1. The molecule has 4 nitrogen and oxygen atoms in total. The number of pyridine rings is 1. The minimum atomic E-state index is -0.0420. The Hall–Kier alpha value is -2.20. The van der Waals surface area contributed by atoms with Crippen LogP contribution in [0.5, 0.6) is 5.88 Å².